The molecule has 0 radical (unpaired) electrons. The topological polar surface area (TPSA) is 0 Å². The second-order valence-corrected chi connectivity index (χ2v) is 3.30. The van der Waals surface area contributed by atoms with Crippen molar-refractivity contribution in [2.75, 3.05) is 0 Å². The summed E-state index contributed by atoms with van der Waals surface area (Å²) in [5.74, 6) is -0.0898. The maximum Gasteiger partial charge on any atom is 0.122 e. The summed E-state index contributed by atoms with van der Waals surface area (Å²) >= 11 is 0. The first-order valence-corrected chi connectivity index (χ1v) is 5.44. The van der Waals surface area contributed by atoms with Crippen LogP contribution in [0.15, 0.2) is 35.7 Å². The first-order chi connectivity index (χ1) is 6.76. The fraction of sp³-hybridized carbons (Fsp3) is 0.538. The molecule has 14 heavy (non-hydrogen) atoms. The zero-order chi connectivity index (χ0) is 10.8. The van der Waals surface area contributed by atoms with E-state index in [1.807, 2.05) is 12.2 Å². The van der Waals surface area contributed by atoms with Crippen LogP contribution in [0.1, 0.15) is 46.5 Å². The van der Waals surface area contributed by atoms with Crippen molar-refractivity contribution in [2.45, 2.75) is 46.5 Å². The molecule has 1 heteroatoms. The Kier molecular flexibility index (Phi) is 8.20. The van der Waals surface area contributed by atoms with Crippen molar-refractivity contribution in [1.29, 1.82) is 0 Å². The van der Waals surface area contributed by atoms with Gasteiger partial charge in [0.25, 0.3) is 0 Å². The van der Waals surface area contributed by atoms with Gasteiger partial charge in [0, 0.05) is 0 Å². The van der Waals surface area contributed by atoms with Crippen molar-refractivity contribution >= 4 is 0 Å². The van der Waals surface area contributed by atoms with Crippen LogP contribution in [-0.2, 0) is 0 Å². The van der Waals surface area contributed by atoms with Gasteiger partial charge in [0.2, 0.25) is 0 Å². The lowest BCUT2D eigenvalue weighted by Crippen LogP contribution is -1.83. The highest BCUT2D eigenvalue weighted by atomic mass is 19.1. The van der Waals surface area contributed by atoms with Gasteiger partial charge in [-0.1, -0.05) is 51.0 Å². The second kappa shape index (κ2) is 8.74. The molecular formula is C13H21F. The lowest BCUT2D eigenvalue weighted by Gasteiger charge is -2.00. The molecule has 0 saturated carbocycles. The van der Waals surface area contributed by atoms with E-state index < -0.39 is 0 Å². The van der Waals surface area contributed by atoms with Crippen LogP contribution in [0, 0.1) is 0 Å². The monoisotopic (exact) mass is 196 g/mol. The van der Waals surface area contributed by atoms with E-state index in [1.54, 1.807) is 6.92 Å². The van der Waals surface area contributed by atoms with Crippen LogP contribution >= 0.6 is 0 Å². The van der Waals surface area contributed by atoms with E-state index in [0.29, 0.717) is 0 Å². The molecular weight excluding hydrogens is 175 g/mol. The molecule has 0 bridgehead atoms. The number of rotatable bonds is 6. The van der Waals surface area contributed by atoms with Crippen molar-refractivity contribution in [2.24, 2.45) is 0 Å². The Labute approximate surface area is 87.2 Å². The SMILES string of the molecule is C/C=C(F)/C(=C\C=C\CCC)CCC. The first kappa shape index (κ1) is 13.2. The van der Waals surface area contributed by atoms with Crippen molar-refractivity contribution in [3.8, 4) is 0 Å². The number of halogens is 1. The molecule has 0 atom stereocenters. The standard InChI is InChI=1S/C13H21F/c1-4-7-8-9-11-12(10-5-2)13(14)6-3/h6,8-9,11H,4-5,7,10H2,1-3H3/b9-8+,12-11-,13-6-. The molecule has 0 aromatic heterocycles. The molecule has 0 nitrogen and oxygen atoms in total. The van der Waals surface area contributed by atoms with Crippen LogP contribution in [0.5, 0.6) is 0 Å². The Morgan fingerprint density at radius 2 is 1.93 bits per heavy atom. The van der Waals surface area contributed by atoms with E-state index in [2.05, 4.69) is 19.9 Å². The average molecular weight is 196 g/mol. The summed E-state index contributed by atoms with van der Waals surface area (Å²) in [5, 5.41) is 0. The smallest absolute Gasteiger partial charge is 0.122 e. The van der Waals surface area contributed by atoms with Crippen molar-refractivity contribution < 1.29 is 4.39 Å². The highest BCUT2D eigenvalue weighted by Crippen LogP contribution is 2.17. The molecule has 0 fully saturated rings. The Bertz CT molecular complexity index is 221. The second-order valence-electron chi connectivity index (χ2n) is 3.30. The van der Waals surface area contributed by atoms with E-state index in [4.69, 9.17) is 0 Å². The zero-order valence-electron chi connectivity index (χ0n) is 9.52. The maximum atomic E-state index is 13.3. The van der Waals surface area contributed by atoms with Gasteiger partial charge in [-0.2, -0.15) is 0 Å². The van der Waals surface area contributed by atoms with Gasteiger partial charge in [-0.3, -0.25) is 0 Å². The average Bonchev–Trinajstić information content (AvgIpc) is 2.21. The third-order valence-electron chi connectivity index (χ3n) is 1.97. The number of allylic oxidation sites excluding steroid dienone is 6. The number of unbranched alkanes of at least 4 members (excludes halogenated alkanes) is 1. The van der Waals surface area contributed by atoms with Gasteiger partial charge in [-0.15, -0.1) is 0 Å². The van der Waals surface area contributed by atoms with Crippen molar-refractivity contribution in [1.82, 2.24) is 0 Å². The Morgan fingerprint density at radius 1 is 1.21 bits per heavy atom. The molecule has 80 valence electrons. The predicted octanol–water partition coefficient (Wildman–Crippen LogP) is 4.94. The zero-order valence-corrected chi connectivity index (χ0v) is 9.52. The van der Waals surface area contributed by atoms with Crippen LogP contribution < -0.4 is 0 Å². The van der Waals surface area contributed by atoms with Gasteiger partial charge in [0.1, 0.15) is 5.83 Å². The first-order valence-electron chi connectivity index (χ1n) is 5.44. The van der Waals surface area contributed by atoms with Gasteiger partial charge in [-0.25, -0.2) is 4.39 Å². The summed E-state index contributed by atoms with van der Waals surface area (Å²) < 4.78 is 13.3. The summed E-state index contributed by atoms with van der Waals surface area (Å²) in [7, 11) is 0. The minimum absolute atomic E-state index is 0.0898. The third-order valence-corrected chi connectivity index (χ3v) is 1.97. The molecule has 0 aliphatic carbocycles. The van der Waals surface area contributed by atoms with Gasteiger partial charge in [0.15, 0.2) is 0 Å². The quantitative estimate of drug-likeness (QED) is 0.528. The molecule has 0 unspecified atom stereocenters. The number of hydrogen-bond donors (Lipinski definition) is 0. The number of hydrogen-bond acceptors (Lipinski definition) is 0. The van der Waals surface area contributed by atoms with E-state index in [1.165, 1.54) is 6.08 Å². The van der Waals surface area contributed by atoms with Crippen molar-refractivity contribution in [3.05, 3.63) is 35.7 Å². The minimum Gasteiger partial charge on any atom is -0.207 e. The van der Waals surface area contributed by atoms with Gasteiger partial charge < -0.3 is 0 Å². The molecule has 0 rings (SSSR count). The molecule has 0 heterocycles. The molecule has 0 aliphatic heterocycles. The predicted molar refractivity (Wildman–Crippen MR) is 61.9 cm³/mol. The Balaban J connectivity index is 4.32. The molecule has 0 spiro atoms. The Hall–Kier alpha value is -0.850. The lowest BCUT2D eigenvalue weighted by molar-refractivity contribution is 0.634. The normalized spacial score (nSPS) is 14.0. The largest absolute Gasteiger partial charge is 0.207 e. The lowest BCUT2D eigenvalue weighted by atomic mass is 10.1. The van der Waals surface area contributed by atoms with Crippen molar-refractivity contribution in [3.63, 3.8) is 0 Å². The van der Waals surface area contributed by atoms with Gasteiger partial charge >= 0.3 is 0 Å². The van der Waals surface area contributed by atoms with Crippen LogP contribution in [0.25, 0.3) is 0 Å². The molecule has 0 saturated heterocycles. The highest BCUT2D eigenvalue weighted by Gasteiger charge is 1.99. The van der Waals surface area contributed by atoms with Crippen LogP contribution in [0.4, 0.5) is 4.39 Å². The molecule has 0 aromatic carbocycles. The summed E-state index contributed by atoms with van der Waals surface area (Å²) in [6, 6.07) is 0. The summed E-state index contributed by atoms with van der Waals surface area (Å²) in [6.07, 6.45) is 11.4. The van der Waals surface area contributed by atoms with E-state index in [9.17, 15) is 4.39 Å². The minimum atomic E-state index is -0.0898. The van der Waals surface area contributed by atoms with Crippen LogP contribution in [-0.4, -0.2) is 0 Å². The van der Waals surface area contributed by atoms with E-state index >= 15 is 0 Å². The van der Waals surface area contributed by atoms with Crippen LogP contribution in [0.3, 0.4) is 0 Å². The van der Waals surface area contributed by atoms with Gasteiger partial charge in [0.05, 0.1) is 0 Å². The molecule has 0 N–H and O–H groups in total. The third kappa shape index (κ3) is 5.74. The fourth-order valence-corrected chi connectivity index (χ4v) is 1.18. The fourth-order valence-electron chi connectivity index (χ4n) is 1.18. The highest BCUT2D eigenvalue weighted by molar-refractivity contribution is 5.28. The summed E-state index contributed by atoms with van der Waals surface area (Å²) in [6.45, 7) is 5.93. The molecule has 0 amide bonds. The molecule has 0 aliphatic rings. The maximum absolute atomic E-state index is 13.3. The van der Waals surface area contributed by atoms with E-state index in [-0.39, 0.29) is 5.83 Å². The Morgan fingerprint density at radius 3 is 2.43 bits per heavy atom. The van der Waals surface area contributed by atoms with E-state index in [0.717, 1.165) is 31.3 Å². The molecule has 0 aromatic rings. The van der Waals surface area contributed by atoms with Crippen LogP contribution in [0.2, 0.25) is 0 Å². The summed E-state index contributed by atoms with van der Waals surface area (Å²) in [4.78, 5) is 0. The summed E-state index contributed by atoms with van der Waals surface area (Å²) in [5.41, 5.74) is 0.808. The van der Waals surface area contributed by atoms with Gasteiger partial charge in [-0.05, 0) is 25.3 Å².